The van der Waals surface area contributed by atoms with E-state index in [1.165, 1.54) is 36.1 Å². The highest BCUT2D eigenvalue weighted by atomic mass is 16.6. The Hall–Kier alpha value is -4.33. The van der Waals surface area contributed by atoms with Crippen LogP contribution in [0.5, 0.6) is 0 Å². The first-order valence-electron chi connectivity index (χ1n) is 10.7. The average molecular weight is 460 g/mol. The number of benzene rings is 3. The average Bonchev–Trinajstić information content (AvgIpc) is 2.80. The predicted molar refractivity (Wildman–Crippen MR) is 130 cm³/mol. The van der Waals surface area contributed by atoms with Crippen LogP contribution in [0.3, 0.4) is 0 Å². The molecule has 0 heterocycles. The van der Waals surface area contributed by atoms with E-state index in [2.05, 4.69) is 5.32 Å². The van der Waals surface area contributed by atoms with Gasteiger partial charge in [0, 0.05) is 23.5 Å². The smallest absolute Gasteiger partial charge is 0.269 e. The van der Waals surface area contributed by atoms with Gasteiger partial charge in [0.05, 0.1) is 11.3 Å². The number of hydrogen-bond acceptors (Lipinski definition) is 5. The van der Waals surface area contributed by atoms with Crippen molar-refractivity contribution in [2.45, 2.75) is 33.2 Å². The number of nitro benzene ring substituents is 1. The second kappa shape index (κ2) is 10.5. The Balaban J connectivity index is 1.96. The number of anilines is 2. The summed E-state index contributed by atoms with van der Waals surface area (Å²) in [6.45, 7) is 4.96. The molecule has 0 saturated heterocycles. The van der Waals surface area contributed by atoms with Crippen molar-refractivity contribution in [3.63, 3.8) is 0 Å². The maximum Gasteiger partial charge on any atom is 0.269 e. The van der Waals surface area contributed by atoms with Crippen molar-refractivity contribution in [1.29, 1.82) is 0 Å². The zero-order valence-corrected chi connectivity index (χ0v) is 19.1. The second-order valence-corrected chi connectivity index (χ2v) is 7.97. The molecule has 3 aromatic carbocycles. The number of nitrogens with zero attached hydrogens (tertiary/aromatic N) is 2. The summed E-state index contributed by atoms with van der Waals surface area (Å²) in [5.41, 5.74) is 3.08. The molecule has 8 heteroatoms. The van der Waals surface area contributed by atoms with Gasteiger partial charge in [-0.15, -0.1) is 0 Å². The summed E-state index contributed by atoms with van der Waals surface area (Å²) in [6.07, 6.45) is -0.145. The summed E-state index contributed by atoms with van der Waals surface area (Å²) in [7, 11) is 0. The van der Waals surface area contributed by atoms with E-state index >= 15 is 0 Å². The maximum atomic E-state index is 13.4. The van der Waals surface area contributed by atoms with Crippen molar-refractivity contribution in [3.8, 4) is 0 Å². The normalized spacial score (nSPS) is 11.4. The standard InChI is InChI=1S/C26H25N3O5/c1-17-8-7-9-18(2)24(17)27-26(32)25(19(3)30)28(21-10-5-4-6-11-21)23(31)16-20-12-14-22(15-13-20)29(33)34/h4-15,25H,16H2,1-3H3,(H,27,32). The quantitative estimate of drug-likeness (QED) is 0.305. The first-order chi connectivity index (χ1) is 16.2. The SMILES string of the molecule is CC(=O)C(C(=O)Nc1c(C)cccc1C)N(C(=O)Cc1ccc([N+](=O)[O-])cc1)c1ccccc1. The molecule has 0 aliphatic rings. The molecule has 8 nitrogen and oxygen atoms in total. The molecule has 1 N–H and O–H groups in total. The van der Waals surface area contributed by atoms with E-state index in [9.17, 15) is 24.5 Å². The van der Waals surface area contributed by atoms with E-state index in [0.717, 1.165) is 11.1 Å². The van der Waals surface area contributed by atoms with E-state index in [0.29, 0.717) is 16.9 Å². The number of carbonyl (C=O) groups excluding carboxylic acids is 3. The molecule has 34 heavy (non-hydrogen) atoms. The van der Waals surface area contributed by atoms with Crippen LogP contribution < -0.4 is 10.2 Å². The van der Waals surface area contributed by atoms with Gasteiger partial charge in [-0.3, -0.25) is 29.4 Å². The van der Waals surface area contributed by atoms with Crippen molar-refractivity contribution in [1.82, 2.24) is 0 Å². The molecule has 174 valence electrons. The lowest BCUT2D eigenvalue weighted by Gasteiger charge is -2.30. The second-order valence-electron chi connectivity index (χ2n) is 7.97. The lowest BCUT2D eigenvalue weighted by Crippen LogP contribution is -2.52. The minimum atomic E-state index is -1.40. The molecule has 0 radical (unpaired) electrons. The summed E-state index contributed by atoms with van der Waals surface area (Å²) < 4.78 is 0. The van der Waals surface area contributed by atoms with Crippen LogP contribution in [0.25, 0.3) is 0 Å². The van der Waals surface area contributed by atoms with Crippen molar-refractivity contribution in [2.75, 3.05) is 10.2 Å². The third-order valence-electron chi connectivity index (χ3n) is 5.43. The highest BCUT2D eigenvalue weighted by Crippen LogP contribution is 2.24. The molecule has 1 atom stereocenters. The maximum absolute atomic E-state index is 13.4. The van der Waals surface area contributed by atoms with E-state index in [4.69, 9.17) is 0 Å². The number of carbonyl (C=O) groups is 3. The van der Waals surface area contributed by atoms with E-state index in [1.807, 2.05) is 32.0 Å². The van der Waals surface area contributed by atoms with Crippen LogP contribution in [0.2, 0.25) is 0 Å². The number of hydrogen-bond donors (Lipinski definition) is 1. The Labute approximate surface area is 197 Å². The molecular weight excluding hydrogens is 434 g/mol. The number of amides is 2. The van der Waals surface area contributed by atoms with E-state index < -0.39 is 28.6 Å². The summed E-state index contributed by atoms with van der Waals surface area (Å²) in [5.74, 6) is -1.60. The minimum Gasteiger partial charge on any atom is -0.323 e. The Morgan fingerprint density at radius 1 is 0.912 bits per heavy atom. The predicted octanol–water partition coefficient (Wildman–Crippen LogP) is 4.38. The minimum absolute atomic E-state index is 0.0919. The molecule has 3 aromatic rings. The fourth-order valence-electron chi connectivity index (χ4n) is 3.71. The fraction of sp³-hybridized carbons (Fsp3) is 0.192. The Bertz CT molecular complexity index is 1200. The number of para-hydroxylation sites is 2. The van der Waals surface area contributed by atoms with E-state index in [-0.39, 0.29) is 12.1 Å². The van der Waals surface area contributed by atoms with Crippen molar-refractivity contribution >= 4 is 34.7 Å². The summed E-state index contributed by atoms with van der Waals surface area (Å²) in [5, 5.41) is 13.7. The van der Waals surface area contributed by atoms with Crippen LogP contribution in [0.4, 0.5) is 17.1 Å². The largest absolute Gasteiger partial charge is 0.323 e. The van der Waals surface area contributed by atoms with Gasteiger partial charge in [0.1, 0.15) is 0 Å². The molecule has 0 bridgehead atoms. The van der Waals surface area contributed by atoms with Crippen LogP contribution in [0.1, 0.15) is 23.6 Å². The number of Topliss-reactive ketones (excluding diaryl/α,β-unsaturated/α-hetero) is 1. The molecule has 1 unspecified atom stereocenters. The van der Waals surface area contributed by atoms with Crippen LogP contribution in [-0.2, 0) is 20.8 Å². The lowest BCUT2D eigenvalue weighted by molar-refractivity contribution is -0.384. The third-order valence-corrected chi connectivity index (χ3v) is 5.43. The molecule has 0 aliphatic carbocycles. The Morgan fingerprint density at radius 2 is 1.50 bits per heavy atom. The van der Waals surface area contributed by atoms with Gasteiger partial charge in [-0.05, 0) is 49.6 Å². The van der Waals surface area contributed by atoms with E-state index in [1.54, 1.807) is 30.3 Å². The van der Waals surface area contributed by atoms with Crippen molar-refractivity contribution in [2.24, 2.45) is 0 Å². The highest BCUT2D eigenvalue weighted by molar-refractivity contribution is 6.17. The van der Waals surface area contributed by atoms with Gasteiger partial charge in [0.25, 0.3) is 11.6 Å². The van der Waals surface area contributed by atoms with Crippen LogP contribution in [0, 0.1) is 24.0 Å². The number of rotatable bonds is 8. The van der Waals surface area contributed by atoms with Gasteiger partial charge < -0.3 is 5.32 Å². The fourth-order valence-corrected chi connectivity index (χ4v) is 3.71. The van der Waals surface area contributed by atoms with Gasteiger partial charge in [-0.25, -0.2) is 0 Å². The van der Waals surface area contributed by atoms with Gasteiger partial charge in [0.15, 0.2) is 11.8 Å². The topological polar surface area (TPSA) is 110 Å². The zero-order chi connectivity index (χ0) is 24.8. The van der Waals surface area contributed by atoms with Crippen molar-refractivity contribution < 1.29 is 19.3 Å². The number of non-ortho nitro benzene ring substituents is 1. The number of nitro groups is 1. The van der Waals surface area contributed by atoms with Gasteiger partial charge in [-0.1, -0.05) is 48.5 Å². The summed E-state index contributed by atoms with van der Waals surface area (Å²) in [6, 6.07) is 18.2. The van der Waals surface area contributed by atoms with Gasteiger partial charge in [0.2, 0.25) is 5.91 Å². The molecule has 0 saturated carbocycles. The molecular formula is C26H25N3O5. The van der Waals surface area contributed by atoms with Gasteiger partial charge in [-0.2, -0.15) is 0 Å². The Morgan fingerprint density at radius 3 is 2.03 bits per heavy atom. The number of ketones is 1. The molecule has 0 aliphatic heterocycles. The van der Waals surface area contributed by atoms with Crippen LogP contribution in [0.15, 0.2) is 72.8 Å². The van der Waals surface area contributed by atoms with Crippen molar-refractivity contribution in [3.05, 3.63) is 99.6 Å². The number of aryl methyl sites for hydroxylation is 2. The van der Waals surface area contributed by atoms with Crippen LogP contribution in [-0.4, -0.2) is 28.6 Å². The lowest BCUT2D eigenvalue weighted by atomic mass is 10.0. The first-order valence-corrected chi connectivity index (χ1v) is 10.7. The van der Waals surface area contributed by atoms with Gasteiger partial charge >= 0.3 is 0 Å². The molecule has 0 spiro atoms. The monoisotopic (exact) mass is 459 g/mol. The number of nitrogens with one attached hydrogen (secondary N) is 1. The summed E-state index contributed by atoms with van der Waals surface area (Å²) in [4.78, 5) is 51.1. The van der Waals surface area contributed by atoms with Crippen LogP contribution >= 0.6 is 0 Å². The Kier molecular flexibility index (Phi) is 7.53. The summed E-state index contributed by atoms with van der Waals surface area (Å²) >= 11 is 0. The highest BCUT2D eigenvalue weighted by Gasteiger charge is 2.35. The molecule has 0 aromatic heterocycles. The molecule has 3 rings (SSSR count). The molecule has 2 amide bonds. The zero-order valence-electron chi connectivity index (χ0n) is 19.1. The third kappa shape index (κ3) is 5.53. The molecule has 0 fully saturated rings. The first kappa shape index (κ1) is 24.3.